The Morgan fingerprint density at radius 3 is 2.44 bits per heavy atom. The molecule has 5 atom stereocenters. The first-order chi connectivity index (χ1) is 7.34. The zero-order chi connectivity index (χ0) is 12.5. The van der Waals surface area contributed by atoms with Gasteiger partial charge in [-0.3, -0.25) is 0 Å². The topological polar surface area (TPSA) is 157 Å². The summed E-state index contributed by atoms with van der Waals surface area (Å²) in [6.45, 7) is -0.631. The smallest absolute Gasteiger partial charge is 0.337 e. The van der Waals surface area contributed by atoms with Crippen LogP contribution in [0.15, 0.2) is 5.18 Å². The molecule has 0 radical (unpaired) electrons. The van der Waals surface area contributed by atoms with E-state index in [9.17, 15) is 25.0 Å². The minimum Gasteiger partial charge on any atom is -0.479 e. The van der Waals surface area contributed by atoms with Gasteiger partial charge < -0.3 is 30.3 Å². The summed E-state index contributed by atoms with van der Waals surface area (Å²) in [6.07, 6.45) is -5.48. The number of hydrogen-bond donors (Lipinski definition) is 5. The highest BCUT2D eigenvalue weighted by Crippen LogP contribution is 2.28. The Labute approximate surface area is 88.9 Å². The van der Waals surface area contributed by atoms with E-state index in [-0.39, 0.29) is 0 Å². The first-order valence-corrected chi connectivity index (χ1v) is 4.30. The molecule has 0 saturated carbocycles. The van der Waals surface area contributed by atoms with Crippen molar-refractivity contribution < 1.29 is 35.1 Å². The zero-order valence-corrected chi connectivity index (χ0v) is 7.92. The van der Waals surface area contributed by atoms with Crippen LogP contribution in [0, 0.1) is 4.91 Å². The third kappa shape index (κ3) is 1.90. The molecule has 16 heavy (non-hydrogen) atoms. The highest BCUT2D eigenvalue weighted by molar-refractivity contribution is 5.75. The van der Waals surface area contributed by atoms with E-state index in [1.165, 1.54) is 0 Å². The van der Waals surface area contributed by atoms with Crippen molar-refractivity contribution in [2.75, 3.05) is 6.61 Å². The molecule has 1 fully saturated rings. The van der Waals surface area contributed by atoms with Gasteiger partial charge in [0, 0.05) is 0 Å². The average Bonchev–Trinajstić information content (AvgIpc) is 2.22. The fourth-order valence-electron chi connectivity index (χ4n) is 1.40. The molecular weight excluding hydrogens is 226 g/mol. The van der Waals surface area contributed by atoms with Crippen LogP contribution in [0.4, 0.5) is 0 Å². The van der Waals surface area contributed by atoms with Crippen molar-refractivity contribution in [1.29, 1.82) is 0 Å². The monoisotopic (exact) mass is 237 g/mol. The highest BCUT2D eigenvalue weighted by Gasteiger charge is 2.57. The number of rotatable bonds is 3. The summed E-state index contributed by atoms with van der Waals surface area (Å²) in [5.41, 5.74) is 0. The first-order valence-electron chi connectivity index (χ1n) is 4.30. The summed E-state index contributed by atoms with van der Waals surface area (Å²) in [5, 5.41) is 48.0. The van der Waals surface area contributed by atoms with Crippen molar-refractivity contribution in [1.82, 2.24) is 0 Å². The summed E-state index contributed by atoms with van der Waals surface area (Å²) in [4.78, 5) is 20.8. The second-order valence-electron chi connectivity index (χ2n) is 3.41. The number of nitroso groups, excluding NO2 is 1. The zero-order valence-electron chi connectivity index (χ0n) is 7.92. The molecule has 0 amide bonds. The van der Waals surface area contributed by atoms with Crippen LogP contribution >= 0.6 is 0 Å². The lowest BCUT2D eigenvalue weighted by Gasteiger charge is -2.42. The van der Waals surface area contributed by atoms with Crippen LogP contribution in [-0.4, -0.2) is 68.2 Å². The molecule has 0 aliphatic carbocycles. The van der Waals surface area contributed by atoms with Crippen LogP contribution in [0.3, 0.4) is 0 Å². The lowest BCUT2D eigenvalue weighted by molar-refractivity contribution is -0.326. The second-order valence-corrected chi connectivity index (χ2v) is 3.41. The minimum absolute atomic E-state index is 0.631. The van der Waals surface area contributed by atoms with Gasteiger partial charge in [-0.2, -0.15) is 0 Å². The second kappa shape index (κ2) is 4.39. The van der Waals surface area contributed by atoms with Crippen LogP contribution in [-0.2, 0) is 9.53 Å². The van der Waals surface area contributed by atoms with Crippen molar-refractivity contribution in [3.8, 4) is 0 Å². The molecule has 5 N–H and O–H groups in total. The number of aliphatic hydroxyl groups excluding tert-OH is 3. The Hall–Kier alpha value is -1.13. The molecule has 9 heteroatoms. The van der Waals surface area contributed by atoms with Gasteiger partial charge in [-0.25, -0.2) is 4.79 Å². The van der Waals surface area contributed by atoms with Gasteiger partial charge in [0.2, 0.25) is 11.8 Å². The number of carbonyl (C=O) groups is 1. The molecule has 1 aliphatic rings. The molecule has 0 spiro atoms. The molecule has 9 nitrogen and oxygen atoms in total. The molecule has 0 aromatic rings. The Bertz CT molecular complexity index is 296. The molecule has 1 saturated heterocycles. The Morgan fingerprint density at radius 2 is 2.00 bits per heavy atom. The summed E-state index contributed by atoms with van der Waals surface area (Å²) < 4.78 is 4.50. The SMILES string of the molecule is O=NC(C(=O)O)C1(O)OC[C@@H](O)[C@H](O)[C@H]1O. The molecule has 1 aliphatic heterocycles. The molecular formula is C7H11NO8. The van der Waals surface area contributed by atoms with E-state index in [2.05, 4.69) is 9.91 Å². The van der Waals surface area contributed by atoms with Crippen LogP contribution in [0.1, 0.15) is 0 Å². The van der Waals surface area contributed by atoms with E-state index in [4.69, 9.17) is 10.2 Å². The predicted octanol–water partition coefficient (Wildman–Crippen LogP) is -2.99. The van der Waals surface area contributed by atoms with Crippen molar-refractivity contribution >= 4 is 5.97 Å². The Morgan fingerprint density at radius 1 is 1.44 bits per heavy atom. The van der Waals surface area contributed by atoms with Gasteiger partial charge in [0.05, 0.1) is 6.61 Å². The number of aliphatic carboxylic acids is 1. The number of hydrogen-bond acceptors (Lipinski definition) is 8. The van der Waals surface area contributed by atoms with Crippen LogP contribution in [0.5, 0.6) is 0 Å². The van der Waals surface area contributed by atoms with Crippen molar-refractivity contribution in [2.45, 2.75) is 30.1 Å². The van der Waals surface area contributed by atoms with Gasteiger partial charge in [-0.05, 0) is 5.18 Å². The molecule has 92 valence electrons. The highest BCUT2D eigenvalue weighted by atomic mass is 16.7. The molecule has 0 aromatic carbocycles. The average molecular weight is 237 g/mol. The number of aliphatic hydroxyl groups is 4. The first kappa shape index (κ1) is 12.9. The Balaban J connectivity index is 2.99. The third-order valence-electron chi connectivity index (χ3n) is 2.36. The van der Waals surface area contributed by atoms with E-state index in [1.54, 1.807) is 0 Å². The maximum Gasteiger partial charge on any atom is 0.337 e. The number of nitrogens with zero attached hydrogens (tertiary/aromatic N) is 1. The largest absolute Gasteiger partial charge is 0.479 e. The van der Waals surface area contributed by atoms with Crippen molar-refractivity contribution in [3.05, 3.63) is 4.91 Å². The molecule has 0 bridgehead atoms. The van der Waals surface area contributed by atoms with Crippen LogP contribution < -0.4 is 0 Å². The van der Waals surface area contributed by atoms with Crippen LogP contribution in [0.2, 0.25) is 0 Å². The standard InChI is InChI=1S/C7H11NO8/c9-2-1-16-7(14,5(11)3(2)10)4(8-15)6(12)13/h2-5,9-11,14H,1H2,(H,12,13)/t2-,3+,4?,5-,7?/m1/s1. The molecule has 2 unspecified atom stereocenters. The number of carboxylic acid groups (broad SMARTS) is 1. The number of ether oxygens (including phenoxy) is 1. The minimum atomic E-state index is -2.85. The van der Waals surface area contributed by atoms with Gasteiger partial charge in [0.15, 0.2) is 0 Å². The summed E-state index contributed by atoms with van der Waals surface area (Å²) in [7, 11) is 0. The van der Waals surface area contributed by atoms with E-state index < -0.39 is 42.7 Å². The molecule has 1 heterocycles. The van der Waals surface area contributed by atoms with E-state index in [1.807, 2.05) is 0 Å². The summed E-state index contributed by atoms with van der Waals surface area (Å²) >= 11 is 0. The van der Waals surface area contributed by atoms with Crippen LogP contribution in [0.25, 0.3) is 0 Å². The predicted molar refractivity (Wildman–Crippen MR) is 46.1 cm³/mol. The fourth-order valence-corrected chi connectivity index (χ4v) is 1.40. The van der Waals surface area contributed by atoms with E-state index in [0.29, 0.717) is 0 Å². The van der Waals surface area contributed by atoms with Gasteiger partial charge in [0.25, 0.3) is 0 Å². The summed E-state index contributed by atoms with van der Waals surface area (Å²) in [5.74, 6) is -4.67. The van der Waals surface area contributed by atoms with Gasteiger partial charge in [-0.15, -0.1) is 4.91 Å². The maximum absolute atomic E-state index is 10.6. The van der Waals surface area contributed by atoms with Crippen molar-refractivity contribution in [3.63, 3.8) is 0 Å². The van der Waals surface area contributed by atoms with Gasteiger partial charge in [0.1, 0.15) is 18.3 Å². The lowest BCUT2D eigenvalue weighted by atomic mass is 9.91. The number of carboxylic acids is 1. The third-order valence-corrected chi connectivity index (χ3v) is 2.36. The van der Waals surface area contributed by atoms with Gasteiger partial charge in [-0.1, -0.05) is 0 Å². The van der Waals surface area contributed by atoms with E-state index in [0.717, 1.165) is 0 Å². The fraction of sp³-hybridized carbons (Fsp3) is 0.857. The Kier molecular flexibility index (Phi) is 3.55. The lowest BCUT2D eigenvalue weighted by Crippen LogP contribution is -2.66. The normalized spacial score (nSPS) is 41.4. The maximum atomic E-state index is 10.6. The molecule has 0 aromatic heterocycles. The van der Waals surface area contributed by atoms with Crippen molar-refractivity contribution in [2.24, 2.45) is 5.18 Å². The van der Waals surface area contributed by atoms with Gasteiger partial charge >= 0.3 is 5.97 Å². The summed E-state index contributed by atoms with van der Waals surface area (Å²) in [6, 6.07) is -2.30. The quantitative estimate of drug-likeness (QED) is 0.325. The molecule has 1 rings (SSSR count). The van der Waals surface area contributed by atoms with E-state index >= 15 is 0 Å².